The molecule has 0 N–H and O–H groups in total. The lowest BCUT2D eigenvalue weighted by molar-refractivity contribution is -0.364. The SMILES string of the molecule is C=CCOC1OC2COC(c3ccccc3)OC2C(OCc2ccc3ccccc3c2)C1OC(=O)c1ccccc1. The maximum Gasteiger partial charge on any atom is 0.338 e. The van der Waals surface area contributed by atoms with E-state index in [0.717, 1.165) is 21.9 Å². The summed E-state index contributed by atoms with van der Waals surface area (Å²) in [5.74, 6) is -0.504. The number of hydrogen-bond donors (Lipinski definition) is 0. The van der Waals surface area contributed by atoms with Crippen LogP contribution in [0.15, 0.2) is 116 Å². The van der Waals surface area contributed by atoms with Crippen molar-refractivity contribution in [1.82, 2.24) is 0 Å². The van der Waals surface area contributed by atoms with E-state index < -0.39 is 43.0 Å². The normalized spacial score (nSPS) is 25.8. The Hall–Kier alpha value is -3.85. The van der Waals surface area contributed by atoms with E-state index in [4.69, 9.17) is 28.4 Å². The van der Waals surface area contributed by atoms with Gasteiger partial charge in [-0.05, 0) is 34.5 Å². The van der Waals surface area contributed by atoms with Gasteiger partial charge in [-0.25, -0.2) is 4.79 Å². The number of carbonyl (C=O) groups is 1. The smallest absolute Gasteiger partial charge is 0.338 e. The summed E-state index contributed by atoms with van der Waals surface area (Å²) in [6.45, 7) is 4.48. The molecule has 2 aliphatic rings. The second-order valence-electron chi connectivity index (χ2n) is 10.0. The Balaban J connectivity index is 1.31. The summed E-state index contributed by atoms with van der Waals surface area (Å²) < 4.78 is 37.5. The molecule has 0 aliphatic carbocycles. The van der Waals surface area contributed by atoms with Gasteiger partial charge in [0.2, 0.25) is 0 Å². The third-order valence-corrected chi connectivity index (χ3v) is 7.24. The van der Waals surface area contributed by atoms with E-state index in [-0.39, 0.29) is 19.8 Å². The highest BCUT2D eigenvalue weighted by atomic mass is 16.8. The van der Waals surface area contributed by atoms with Gasteiger partial charge in [0.15, 0.2) is 18.7 Å². The molecule has 210 valence electrons. The maximum atomic E-state index is 13.3. The number of rotatable bonds is 9. The van der Waals surface area contributed by atoms with Gasteiger partial charge in [0.25, 0.3) is 0 Å². The van der Waals surface area contributed by atoms with E-state index >= 15 is 0 Å². The van der Waals surface area contributed by atoms with Crippen LogP contribution in [0.5, 0.6) is 0 Å². The van der Waals surface area contributed by atoms with Gasteiger partial charge in [0.1, 0.15) is 18.3 Å². The van der Waals surface area contributed by atoms with Gasteiger partial charge >= 0.3 is 5.97 Å². The Morgan fingerprint density at radius 2 is 1.56 bits per heavy atom. The summed E-state index contributed by atoms with van der Waals surface area (Å²) in [5, 5.41) is 2.26. The number of benzene rings is 4. The first kappa shape index (κ1) is 27.3. The quantitative estimate of drug-likeness (QED) is 0.187. The van der Waals surface area contributed by atoms with Crippen LogP contribution in [-0.4, -0.2) is 49.9 Å². The highest BCUT2D eigenvalue weighted by molar-refractivity contribution is 5.89. The van der Waals surface area contributed by atoms with E-state index in [0.29, 0.717) is 5.56 Å². The highest BCUT2D eigenvalue weighted by Gasteiger charge is 2.53. The lowest BCUT2D eigenvalue weighted by atomic mass is 9.97. The van der Waals surface area contributed by atoms with Crippen molar-refractivity contribution in [2.24, 2.45) is 0 Å². The fraction of sp³-hybridized carbons (Fsp3) is 0.265. The van der Waals surface area contributed by atoms with E-state index in [2.05, 4.69) is 30.8 Å². The molecule has 2 saturated heterocycles. The van der Waals surface area contributed by atoms with E-state index in [1.165, 1.54) is 0 Å². The van der Waals surface area contributed by atoms with Crippen molar-refractivity contribution in [3.63, 3.8) is 0 Å². The average molecular weight is 553 g/mol. The summed E-state index contributed by atoms with van der Waals surface area (Å²) in [5.41, 5.74) is 2.28. The van der Waals surface area contributed by atoms with Crippen molar-refractivity contribution >= 4 is 16.7 Å². The van der Waals surface area contributed by atoms with Crippen LogP contribution in [0, 0.1) is 0 Å². The fourth-order valence-electron chi connectivity index (χ4n) is 5.23. The molecule has 2 aliphatic heterocycles. The summed E-state index contributed by atoms with van der Waals surface area (Å²) in [6.07, 6.45) is -2.63. The Kier molecular flexibility index (Phi) is 8.51. The predicted octanol–water partition coefficient (Wildman–Crippen LogP) is 5.99. The van der Waals surface area contributed by atoms with Crippen molar-refractivity contribution in [1.29, 1.82) is 0 Å². The zero-order valence-electron chi connectivity index (χ0n) is 22.5. The second kappa shape index (κ2) is 12.8. The van der Waals surface area contributed by atoms with Gasteiger partial charge in [-0.1, -0.05) is 91.0 Å². The van der Waals surface area contributed by atoms with Gasteiger partial charge in [-0.2, -0.15) is 0 Å². The van der Waals surface area contributed by atoms with Crippen molar-refractivity contribution in [2.75, 3.05) is 13.2 Å². The van der Waals surface area contributed by atoms with Crippen molar-refractivity contribution in [2.45, 2.75) is 43.6 Å². The summed E-state index contributed by atoms with van der Waals surface area (Å²) in [6, 6.07) is 32.9. The van der Waals surface area contributed by atoms with Gasteiger partial charge in [0.05, 0.1) is 25.4 Å². The van der Waals surface area contributed by atoms with Crippen LogP contribution < -0.4 is 0 Å². The predicted molar refractivity (Wildman–Crippen MR) is 153 cm³/mol. The third kappa shape index (κ3) is 6.25. The monoisotopic (exact) mass is 552 g/mol. The minimum Gasteiger partial charge on any atom is -0.450 e. The molecule has 0 radical (unpaired) electrons. The van der Waals surface area contributed by atoms with Crippen LogP contribution in [0.3, 0.4) is 0 Å². The molecular weight excluding hydrogens is 520 g/mol. The van der Waals surface area contributed by atoms with Crippen LogP contribution in [0.2, 0.25) is 0 Å². The largest absolute Gasteiger partial charge is 0.450 e. The van der Waals surface area contributed by atoms with Gasteiger partial charge < -0.3 is 28.4 Å². The first-order valence-corrected chi connectivity index (χ1v) is 13.7. The zero-order valence-corrected chi connectivity index (χ0v) is 22.5. The molecule has 41 heavy (non-hydrogen) atoms. The molecule has 4 aromatic carbocycles. The van der Waals surface area contributed by atoms with Crippen molar-refractivity contribution < 1.29 is 33.2 Å². The molecule has 2 heterocycles. The number of esters is 1. The highest BCUT2D eigenvalue weighted by Crippen LogP contribution is 2.37. The molecule has 0 bridgehead atoms. The molecule has 0 amide bonds. The van der Waals surface area contributed by atoms with Gasteiger partial charge in [-0.3, -0.25) is 0 Å². The van der Waals surface area contributed by atoms with Crippen LogP contribution in [0.1, 0.15) is 27.8 Å². The molecule has 2 fully saturated rings. The average Bonchev–Trinajstić information content (AvgIpc) is 3.03. The maximum absolute atomic E-state index is 13.3. The van der Waals surface area contributed by atoms with Crippen LogP contribution >= 0.6 is 0 Å². The molecule has 7 heteroatoms. The first-order chi connectivity index (χ1) is 20.2. The number of ether oxygens (including phenoxy) is 6. The van der Waals surface area contributed by atoms with Crippen molar-refractivity contribution in [3.05, 3.63) is 132 Å². The molecule has 7 nitrogen and oxygen atoms in total. The number of hydrogen-bond acceptors (Lipinski definition) is 7. The van der Waals surface area contributed by atoms with Crippen LogP contribution in [0.25, 0.3) is 10.8 Å². The zero-order chi connectivity index (χ0) is 28.0. The van der Waals surface area contributed by atoms with Gasteiger partial charge in [-0.15, -0.1) is 6.58 Å². The lowest BCUT2D eigenvalue weighted by Gasteiger charge is -2.48. The summed E-state index contributed by atoms with van der Waals surface area (Å²) in [7, 11) is 0. The van der Waals surface area contributed by atoms with Crippen LogP contribution in [-0.2, 0) is 35.0 Å². The molecule has 6 atom stereocenters. The van der Waals surface area contributed by atoms with E-state index in [1.54, 1.807) is 30.3 Å². The summed E-state index contributed by atoms with van der Waals surface area (Å²) in [4.78, 5) is 13.3. The Bertz CT molecular complexity index is 1460. The Morgan fingerprint density at radius 1 is 0.829 bits per heavy atom. The molecule has 0 saturated carbocycles. The van der Waals surface area contributed by atoms with E-state index in [9.17, 15) is 4.79 Å². The fourth-order valence-corrected chi connectivity index (χ4v) is 5.23. The van der Waals surface area contributed by atoms with Crippen molar-refractivity contribution in [3.8, 4) is 0 Å². The topological polar surface area (TPSA) is 72.5 Å². The molecular formula is C34H32O7. The third-order valence-electron chi connectivity index (χ3n) is 7.24. The first-order valence-electron chi connectivity index (χ1n) is 13.7. The molecule has 6 unspecified atom stereocenters. The molecule has 6 rings (SSSR count). The molecule has 0 aromatic heterocycles. The lowest BCUT2D eigenvalue weighted by Crippen LogP contribution is -2.64. The van der Waals surface area contributed by atoms with Crippen LogP contribution in [0.4, 0.5) is 0 Å². The Morgan fingerprint density at radius 3 is 2.34 bits per heavy atom. The van der Waals surface area contributed by atoms with E-state index in [1.807, 2.05) is 54.6 Å². The standard InChI is InChI=1S/C34H32O7/c1-2-19-36-34-31(40-32(35)25-12-5-3-6-13-25)30(37-21-23-17-18-24-11-9-10-16-27(24)20-23)29-28(39-34)22-38-33(41-29)26-14-7-4-8-15-26/h2-18,20,28-31,33-34H,1,19,21-22H2. The van der Waals surface area contributed by atoms with Gasteiger partial charge in [0, 0.05) is 5.56 Å². The summed E-state index contributed by atoms with van der Waals surface area (Å²) >= 11 is 0. The minimum absolute atomic E-state index is 0.202. The Labute approximate surface area is 239 Å². The number of carbonyl (C=O) groups excluding carboxylic acids is 1. The second-order valence-corrected chi connectivity index (χ2v) is 10.0. The number of fused-ring (bicyclic) bond motifs is 2. The molecule has 4 aromatic rings. The minimum atomic E-state index is -0.918. The molecule has 0 spiro atoms.